The summed E-state index contributed by atoms with van der Waals surface area (Å²) in [6.45, 7) is 1.57. The summed E-state index contributed by atoms with van der Waals surface area (Å²) in [5.41, 5.74) is 1.21. The summed E-state index contributed by atoms with van der Waals surface area (Å²) < 4.78 is 5.46. The van der Waals surface area contributed by atoms with Crippen LogP contribution in [0.2, 0.25) is 4.34 Å². The molecule has 0 saturated carbocycles. The van der Waals surface area contributed by atoms with Crippen LogP contribution in [0, 0.1) is 0 Å². The van der Waals surface area contributed by atoms with Crippen LogP contribution in [0.25, 0.3) is 0 Å². The van der Waals surface area contributed by atoms with Gasteiger partial charge in [0, 0.05) is 12.5 Å². The average Bonchev–Trinajstić information content (AvgIpc) is 3.10. The number of hydrogen-bond donors (Lipinski definition) is 1. The van der Waals surface area contributed by atoms with E-state index in [0.717, 1.165) is 12.8 Å². The predicted molar refractivity (Wildman–Crippen MR) is 106 cm³/mol. The lowest BCUT2D eigenvalue weighted by atomic mass is 10.1. The number of rotatable bonds is 10. The van der Waals surface area contributed by atoms with Crippen molar-refractivity contribution in [1.29, 1.82) is 0 Å². The third kappa shape index (κ3) is 7.93. The van der Waals surface area contributed by atoms with Crippen LogP contribution in [0.1, 0.15) is 41.4 Å². The number of esters is 1. The number of Topliss-reactive ketones (excluding diaryl/α,β-unsaturated/α-hetero) is 1. The van der Waals surface area contributed by atoms with Gasteiger partial charge in [-0.3, -0.25) is 14.4 Å². The Balaban J connectivity index is 1.61. The van der Waals surface area contributed by atoms with Crippen molar-refractivity contribution in [3.05, 3.63) is 57.2 Å². The van der Waals surface area contributed by atoms with Gasteiger partial charge in [0.1, 0.15) is 0 Å². The normalized spacial score (nSPS) is 11.6. The second-order valence-corrected chi connectivity index (χ2v) is 7.90. The van der Waals surface area contributed by atoms with Crippen molar-refractivity contribution in [2.75, 3.05) is 6.61 Å². The zero-order valence-electron chi connectivity index (χ0n) is 15.1. The molecular formula is C20H22ClNO4S. The molecule has 1 aromatic carbocycles. The Morgan fingerprint density at radius 2 is 1.85 bits per heavy atom. The van der Waals surface area contributed by atoms with Crippen molar-refractivity contribution in [2.45, 2.75) is 38.6 Å². The number of carbonyl (C=O) groups excluding carboxylic acids is 3. The molecule has 0 aliphatic carbocycles. The van der Waals surface area contributed by atoms with E-state index in [1.54, 1.807) is 12.1 Å². The molecule has 0 saturated heterocycles. The third-order valence-corrected chi connectivity index (χ3v) is 5.16. The topological polar surface area (TPSA) is 72.5 Å². The van der Waals surface area contributed by atoms with E-state index in [1.807, 2.05) is 37.3 Å². The van der Waals surface area contributed by atoms with Crippen molar-refractivity contribution in [3.63, 3.8) is 0 Å². The number of hydrogen-bond acceptors (Lipinski definition) is 5. The number of amides is 1. The van der Waals surface area contributed by atoms with E-state index in [9.17, 15) is 14.4 Å². The lowest BCUT2D eigenvalue weighted by Gasteiger charge is -2.14. The maximum Gasteiger partial charge on any atom is 0.306 e. The van der Waals surface area contributed by atoms with Gasteiger partial charge in [-0.05, 0) is 37.5 Å². The molecule has 144 valence electrons. The number of benzene rings is 1. The SMILES string of the molecule is C[C@H](CCc1ccccc1)NC(=O)COC(=O)CCC(=O)c1ccc(Cl)s1. The monoisotopic (exact) mass is 407 g/mol. The van der Waals surface area contributed by atoms with Gasteiger partial charge in [0.25, 0.3) is 5.91 Å². The Hall–Kier alpha value is -2.18. The van der Waals surface area contributed by atoms with Gasteiger partial charge in [-0.2, -0.15) is 0 Å². The van der Waals surface area contributed by atoms with Crippen LogP contribution >= 0.6 is 22.9 Å². The first kappa shape index (κ1) is 21.1. The van der Waals surface area contributed by atoms with Crippen molar-refractivity contribution in [1.82, 2.24) is 5.32 Å². The summed E-state index contributed by atoms with van der Waals surface area (Å²) in [5, 5.41) is 2.80. The maximum atomic E-state index is 11.9. The van der Waals surface area contributed by atoms with Crippen molar-refractivity contribution in [2.24, 2.45) is 0 Å². The number of aryl methyl sites for hydroxylation is 1. The highest BCUT2D eigenvalue weighted by Gasteiger charge is 2.14. The van der Waals surface area contributed by atoms with Crippen LogP contribution in [0.3, 0.4) is 0 Å². The van der Waals surface area contributed by atoms with Crippen molar-refractivity contribution >= 4 is 40.6 Å². The highest BCUT2D eigenvalue weighted by Crippen LogP contribution is 2.22. The molecule has 5 nitrogen and oxygen atoms in total. The first-order valence-electron chi connectivity index (χ1n) is 8.71. The van der Waals surface area contributed by atoms with Crippen LogP contribution in [-0.4, -0.2) is 30.3 Å². The number of thiophene rings is 1. The number of carbonyl (C=O) groups is 3. The predicted octanol–water partition coefficient (Wildman–Crippen LogP) is 4.05. The van der Waals surface area contributed by atoms with Crippen LogP contribution in [0.15, 0.2) is 42.5 Å². The standard InChI is InChI=1S/C20H22ClNO4S/c1-14(7-8-15-5-3-2-4-6-15)22-19(24)13-26-20(25)12-9-16(23)17-10-11-18(21)27-17/h2-6,10-11,14H,7-9,12-13H2,1H3,(H,22,24)/t14-/m1/s1. The second-order valence-electron chi connectivity index (χ2n) is 6.18. The van der Waals surface area contributed by atoms with Crippen molar-refractivity contribution < 1.29 is 19.1 Å². The zero-order valence-corrected chi connectivity index (χ0v) is 16.6. The van der Waals surface area contributed by atoms with E-state index in [1.165, 1.54) is 16.9 Å². The first-order valence-corrected chi connectivity index (χ1v) is 9.91. The number of ether oxygens (including phenoxy) is 1. The Labute approximate surface area is 167 Å². The highest BCUT2D eigenvalue weighted by molar-refractivity contribution is 7.18. The largest absolute Gasteiger partial charge is 0.456 e. The second kappa shape index (κ2) is 10.8. The minimum atomic E-state index is -0.571. The third-order valence-electron chi connectivity index (χ3n) is 3.88. The van der Waals surface area contributed by atoms with Crippen LogP contribution < -0.4 is 5.32 Å². The fourth-order valence-corrected chi connectivity index (χ4v) is 3.45. The van der Waals surface area contributed by atoms with E-state index in [0.29, 0.717) is 9.21 Å². The molecule has 1 N–H and O–H groups in total. The summed E-state index contributed by atoms with van der Waals surface area (Å²) in [6, 6.07) is 13.3. The smallest absolute Gasteiger partial charge is 0.306 e. The van der Waals surface area contributed by atoms with E-state index < -0.39 is 5.97 Å². The van der Waals surface area contributed by atoms with Gasteiger partial charge < -0.3 is 10.1 Å². The van der Waals surface area contributed by atoms with Gasteiger partial charge >= 0.3 is 5.97 Å². The Morgan fingerprint density at radius 3 is 2.52 bits per heavy atom. The van der Waals surface area contributed by atoms with Gasteiger partial charge in [0.05, 0.1) is 15.6 Å². The quantitative estimate of drug-likeness (QED) is 0.476. The van der Waals surface area contributed by atoms with Crippen LogP contribution in [0.5, 0.6) is 0 Å². The Kier molecular flexibility index (Phi) is 8.48. The highest BCUT2D eigenvalue weighted by atomic mass is 35.5. The molecule has 1 amide bonds. The number of nitrogens with one attached hydrogen (secondary N) is 1. The minimum Gasteiger partial charge on any atom is -0.456 e. The lowest BCUT2D eigenvalue weighted by Crippen LogP contribution is -2.36. The zero-order chi connectivity index (χ0) is 19.6. The molecule has 0 radical (unpaired) electrons. The molecule has 2 rings (SSSR count). The maximum absolute atomic E-state index is 11.9. The van der Waals surface area contributed by atoms with E-state index in [-0.39, 0.29) is 37.2 Å². The van der Waals surface area contributed by atoms with Crippen LogP contribution in [-0.2, 0) is 20.7 Å². The molecular weight excluding hydrogens is 386 g/mol. The lowest BCUT2D eigenvalue weighted by molar-refractivity contribution is -0.148. The fraction of sp³-hybridized carbons (Fsp3) is 0.350. The minimum absolute atomic E-state index is 0.0263. The first-order chi connectivity index (χ1) is 12.9. The number of ketones is 1. The van der Waals surface area contributed by atoms with Crippen molar-refractivity contribution in [3.8, 4) is 0 Å². The fourth-order valence-electron chi connectivity index (χ4n) is 2.44. The molecule has 0 unspecified atom stereocenters. The molecule has 2 aromatic rings. The summed E-state index contributed by atoms with van der Waals surface area (Å²) in [5.74, 6) is -1.08. The Bertz CT molecular complexity index is 775. The molecule has 1 atom stereocenters. The molecule has 27 heavy (non-hydrogen) atoms. The van der Waals surface area contributed by atoms with Gasteiger partial charge in [-0.15, -0.1) is 11.3 Å². The van der Waals surface area contributed by atoms with E-state index in [2.05, 4.69) is 5.32 Å². The molecule has 1 heterocycles. The molecule has 0 fully saturated rings. The molecule has 0 aliphatic rings. The molecule has 1 aromatic heterocycles. The molecule has 7 heteroatoms. The van der Waals surface area contributed by atoms with E-state index >= 15 is 0 Å². The van der Waals surface area contributed by atoms with Gasteiger partial charge in [-0.25, -0.2) is 0 Å². The summed E-state index contributed by atoms with van der Waals surface area (Å²) in [4.78, 5) is 36.0. The van der Waals surface area contributed by atoms with Gasteiger partial charge in [0.2, 0.25) is 0 Å². The molecule has 0 bridgehead atoms. The number of halogens is 1. The molecule has 0 spiro atoms. The summed E-state index contributed by atoms with van der Waals surface area (Å²) in [7, 11) is 0. The van der Waals surface area contributed by atoms with Crippen LogP contribution in [0.4, 0.5) is 0 Å². The van der Waals surface area contributed by atoms with Gasteiger partial charge in [-0.1, -0.05) is 41.9 Å². The van der Waals surface area contributed by atoms with Gasteiger partial charge in [0.15, 0.2) is 12.4 Å². The molecule has 0 aliphatic heterocycles. The summed E-state index contributed by atoms with van der Waals surface area (Å²) in [6.07, 6.45) is 1.62. The average molecular weight is 408 g/mol. The van der Waals surface area contributed by atoms with E-state index in [4.69, 9.17) is 16.3 Å². The Morgan fingerprint density at radius 1 is 1.11 bits per heavy atom. The summed E-state index contributed by atoms with van der Waals surface area (Å²) >= 11 is 6.96.